The number of carbonyl (C=O) groups is 1. The Balaban J connectivity index is 1.89. The van der Waals surface area contributed by atoms with E-state index in [1.165, 1.54) is 0 Å². The van der Waals surface area contributed by atoms with E-state index in [0.717, 1.165) is 11.1 Å². The summed E-state index contributed by atoms with van der Waals surface area (Å²) in [6.45, 7) is 4.03. The maximum Gasteiger partial charge on any atom is 0.230 e. The van der Waals surface area contributed by atoms with Gasteiger partial charge in [-0.3, -0.25) is 4.79 Å². The minimum atomic E-state index is -0.617. The van der Waals surface area contributed by atoms with Gasteiger partial charge in [0.1, 0.15) is 0 Å². The maximum absolute atomic E-state index is 12.4. The molecule has 0 saturated heterocycles. The molecule has 0 aliphatic rings. The molecule has 0 radical (unpaired) electrons. The molecule has 2 rings (SSSR count). The molecule has 3 heteroatoms. The van der Waals surface area contributed by atoms with E-state index >= 15 is 0 Å². The third-order valence-electron chi connectivity index (χ3n) is 3.88. The van der Waals surface area contributed by atoms with Crippen LogP contribution in [0.2, 0.25) is 0 Å². The third kappa shape index (κ3) is 4.18. The number of benzene rings is 2. The van der Waals surface area contributed by atoms with Gasteiger partial charge in [-0.05, 0) is 25.0 Å². The van der Waals surface area contributed by atoms with Crippen molar-refractivity contribution in [3.05, 3.63) is 71.8 Å². The fraction of sp³-hybridized carbons (Fsp3) is 0.316. The number of nitrogens with one attached hydrogen (secondary N) is 1. The molecule has 0 aliphatic carbocycles. The highest BCUT2D eigenvalue weighted by atomic mass is 16.3. The quantitative estimate of drug-likeness (QED) is 0.861. The normalized spacial score (nSPS) is 12.7. The molecule has 0 aliphatic heterocycles. The van der Waals surface area contributed by atoms with Gasteiger partial charge < -0.3 is 10.4 Å². The van der Waals surface area contributed by atoms with E-state index in [4.69, 9.17) is 0 Å². The summed E-state index contributed by atoms with van der Waals surface area (Å²) < 4.78 is 0. The van der Waals surface area contributed by atoms with Crippen LogP contribution >= 0.6 is 0 Å². The number of hydrogen-bond acceptors (Lipinski definition) is 2. The van der Waals surface area contributed by atoms with Crippen molar-refractivity contribution in [3.63, 3.8) is 0 Å². The molecule has 0 heterocycles. The van der Waals surface area contributed by atoms with Crippen molar-refractivity contribution < 1.29 is 9.90 Å². The van der Waals surface area contributed by atoms with E-state index < -0.39 is 11.5 Å². The lowest BCUT2D eigenvalue weighted by molar-refractivity contribution is -0.126. The van der Waals surface area contributed by atoms with Crippen LogP contribution in [0.5, 0.6) is 0 Å². The van der Waals surface area contributed by atoms with Gasteiger partial charge in [-0.15, -0.1) is 0 Å². The second kappa shape index (κ2) is 7.23. The number of carbonyl (C=O) groups excluding carboxylic acids is 1. The summed E-state index contributed by atoms with van der Waals surface area (Å²) in [5.41, 5.74) is 1.41. The Morgan fingerprint density at radius 2 is 1.59 bits per heavy atom. The van der Waals surface area contributed by atoms with Crippen molar-refractivity contribution in [1.82, 2.24) is 5.32 Å². The molecule has 0 unspecified atom stereocenters. The SMILES string of the molecule is CC(C)(C(=O)NC[C@H](O)Cc1ccccc1)c1ccccc1. The van der Waals surface area contributed by atoms with E-state index in [1.54, 1.807) is 0 Å². The summed E-state index contributed by atoms with van der Waals surface area (Å²) in [6, 6.07) is 19.4. The van der Waals surface area contributed by atoms with Crippen molar-refractivity contribution >= 4 is 5.91 Å². The highest BCUT2D eigenvalue weighted by Crippen LogP contribution is 2.22. The first-order chi connectivity index (χ1) is 10.5. The van der Waals surface area contributed by atoms with Gasteiger partial charge in [-0.2, -0.15) is 0 Å². The molecule has 116 valence electrons. The molecule has 0 saturated carbocycles. The molecule has 1 atom stereocenters. The Hall–Kier alpha value is -2.13. The van der Waals surface area contributed by atoms with Crippen LogP contribution < -0.4 is 5.32 Å². The second-order valence-electron chi connectivity index (χ2n) is 6.04. The lowest BCUT2D eigenvalue weighted by Crippen LogP contribution is -2.43. The van der Waals surface area contributed by atoms with Crippen LogP contribution in [0.15, 0.2) is 60.7 Å². The van der Waals surface area contributed by atoms with Crippen LogP contribution in [0.1, 0.15) is 25.0 Å². The first-order valence-electron chi connectivity index (χ1n) is 7.56. The lowest BCUT2D eigenvalue weighted by atomic mass is 9.83. The van der Waals surface area contributed by atoms with Gasteiger partial charge in [0.2, 0.25) is 5.91 Å². The Bertz CT molecular complexity index is 593. The van der Waals surface area contributed by atoms with Crippen molar-refractivity contribution in [3.8, 4) is 0 Å². The predicted octanol–water partition coefficient (Wildman–Crippen LogP) is 2.68. The maximum atomic E-state index is 12.4. The Morgan fingerprint density at radius 3 is 2.18 bits per heavy atom. The highest BCUT2D eigenvalue weighted by molar-refractivity contribution is 5.87. The summed E-state index contributed by atoms with van der Waals surface area (Å²) >= 11 is 0. The monoisotopic (exact) mass is 297 g/mol. The average molecular weight is 297 g/mol. The van der Waals surface area contributed by atoms with Crippen LogP contribution in [0.3, 0.4) is 0 Å². The van der Waals surface area contributed by atoms with Gasteiger partial charge in [0.05, 0.1) is 11.5 Å². The molecule has 2 aromatic rings. The zero-order valence-electron chi connectivity index (χ0n) is 13.1. The minimum absolute atomic E-state index is 0.0780. The zero-order chi connectivity index (χ0) is 16.0. The predicted molar refractivity (Wildman–Crippen MR) is 88.6 cm³/mol. The third-order valence-corrected chi connectivity index (χ3v) is 3.88. The molecule has 1 amide bonds. The largest absolute Gasteiger partial charge is 0.391 e. The number of aliphatic hydroxyl groups is 1. The number of rotatable bonds is 6. The zero-order valence-corrected chi connectivity index (χ0v) is 13.1. The van der Waals surface area contributed by atoms with Gasteiger partial charge in [0.15, 0.2) is 0 Å². The standard InChI is InChI=1S/C19H23NO2/c1-19(2,16-11-7-4-8-12-16)18(22)20-14-17(21)13-15-9-5-3-6-10-15/h3-12,17,21H,13-14H2,1-2H3,(H,20,22)/t17-/m1/s1. The molecule has 0 fully saturated rings. The van der Waals surface area contributed by atoms with Crippen molar-refractivity contribution in [2.75, 3.05) is 6.54 Å². The second-order valence-corrected chi connectivity index (χ2v) is 6.04. The smallest absolute Gasteiger partial charge is 0.230 e. The fourth-order valence-electron chi connectivity index (χ4n) is 2.38. The van der Waals surface area contributed by atoms with Crippen molar-refractivity contribution in [1.29, 1.82) is 0 Å². The Morgan fingerprint density at radius 1 is 1.05 bits per heavy atom. The molecule has 0 aromatic heterocycles. The van der Waals surface area contributed by atoms with Crippen LogP contribution in [0.25, 0.3) is 0 Å². The van der Waals surface area contributed by atoms with Gasteiger partial charge in [-0.1, -0.05) is 60.7 Å². The molecule has 22 heavy (non-hydrogen) atoms. The van der Waals surface area contributed by atoms with E-state index in [2.05, 4.69) is 5.32 Å². The molecular formula is C19H23NO2. The fourth-order valence-corrected chi connectivity index (χ4v) is 2.38. The average Bonchev–Trinajstić information content (AvgIpc) is 2.54. The highest BCUT2D eigenvalue weighted by Gasteiger charge is 2.29. The first kappa shape index (κ1) is 16.2. The summed E-state index contributed by atoms with van der Waals surface area (Å²) in [4.78, 5) is 12.4. The Kier molecular flexibility index (Phi) is 5.34. The van der Waals surface area contributed by atoms with Gasteiger partial charge >= 0.3 is 0 Å². The summed E-state index contributed by atoms with van der Waals surface area (Å²) in [5.74, 6) is -0.0780. The van der Waals surface area contributed by atoms with Crippen LogP contribution in [0, 0.1) is 0 Å². The van der Waals surface area contributed by atoms with Crippen LogP contribution in [0.4, 0.5) is 0 Å². The van der Waals surface area contributed by atoms with Crippen LogP contribution in [-0.4, -0.2) is 23.7 Å². The van der Waals surface area contributed by atoms with E-state index in [9.17, 15) is 9.90 Å². The van der Waals surface area contributed by atoms with Gasteiger partial charge in [0, 0.05) is 13.0 Å². The molecule has 0 bridgehead atoms. The lowest BCUT2D eigenvalue weighted by Gasteiger charge is -2.25. The van der Waals surface area contributed by atoms with Crippen molar-refractivity contribution in [2.45, 2.75) is 31.8 Å². The van der Waals surface area contributed by atoms with Crippen LogP contribution in [-0.2, 0) is 16.6 Å². The molecule has 2 N–H and O–H groups in total. The van der Waals surface area contributed by atoms with E-state index in [1.807, 2.05) is 74.5 Å². The summed E-state index contributed by atoms with van der Waals surface area (Å²) in [5, 5.41) is 12.9. The van der Waals surface area contributed by atoms with E-state index in [0.29, 0.717) is 6.42 Å². The summed E-state index contributed by atoms with van der Waals surface area (Å²) in [6.07, 6.45) is -0.0506. The number of hydrogen-bond donors (Lipinski definition) is 2. The topological polar surface area (TPSA) is 49.3 Å². The van der Waals surface area contributed by atoms with Gasteiger partial charge in [-0.25, -0.2) is 0 Å². The van der Waals surface area contributed by atoms with Crippen molar-refractivity contribution in [2.24, 2.45) is 0 Å². The first-order valence-corrected chi connectivity index (χ1v) is 7.56. The molecule has 3 nitrogen and oxygen atoms in total. The van der Waals surface area contributed by atoms with Gasteiger partial charge in [0.25, 0.3) is 0 Å². The summed E-state index contributed by atoms with van der Waals surface area (Å²) in [7, 11) is 0. The Labute approximate surface area is 132 Å². The molecular weight excluding hydrogens is 274 g/mol. The minimum Gasteiger partial charge on any atom is -0.391 e. The molecule has 0 spiro atoms. The molecule has 2 aromatic carbocycles. The number of amides is 1. The van der Waals surface area contributed by atoms with E-state index in [-0.39, 0.29) is 12.5 Å². The number of aliphatic hydroxyl groups excluding tert-OH is 1.